The number of carbonyl (C=O) groups is 1. The molecule has 4 nitrogen and oxygen atoms in total. The predicted octanol–water partition coefficient (Wildman–Crippen LogP) is 2.01. The van der Waals surface area contributed by atoms with E-state index in [4.69, 9.17) is 4.74 Å². The topological polar surface area (TPSA) is 58.6 Å². The summed E-state index contributed by atoms with van der Waals surface area (Å²) in [7, 11) is 0. The highest BCUT2D eigenvalue weighted by Gasteiger charge is 2.20. The van der Waals surface area contributed by atoms with Gasteiger partial charge < -0.3 is 15.2 Å². The van der Waals surface area contributed by atoms with Crippen molar-refractivity contribution in [2.24, 2.45) is 0 Å². The molecule has 2 rings (SSSR count). The van der Waals surface area contributed by atoms with Gasteiger partial charge in [-0.1, -0.05) is 6.07 Å². The molecule has 0 aliphatic heterocycles. The number of aliphatic hydroxyl groups excluding tert-OH is 1. The molecule has 0 heterocycles. The summed E-state index contributed by atoms with van der Waals surface area (Å²) in [4.78, 5) is 11.7. The Bertz CT molecular complexity index is 444. The number of ether oxygens (including phenoxy) is 1. The van der Waals surface area contributed by atoms with Gasteiger partial charge in [-0.05, 0) is 37.8 Å². The van der Waals surface area contributed by atoms with Gasteiger partial charge in [0.1, 0.15) is 11.6 Å². The molecule has 1 aliphatic rings. The second-order valence-corrected chi connectivity index (χ2v) is 5.13. The van der Waals surface area contributed by atoms with E-state index in [1.54, 1.807) is 12.1 Å². The van der Waals surface area contributed by atoms with Crippen LogP contribution in [0.2, 0.25) is 0 Å². The van der Waals surface area contributed by atoms with Crippen LogP contribution in [0.1, 0.15) is 32.1 Å². The molecule has 0 radical (unpaired) electrons. The monoisotopic (exact) mass is 281 g/mol. The van der Waals surface area contributed by atoms with Gasteiger partial charge >= 0.3 is 0 Å². The van der Waals surface area contributed by atoms with Crippen molar-refractivity contribution < 1.29 is 19.0 Å². The van der Waals surface area contributed by atoms with Crippen molar-refractivity contribution in [3.63, 3.8) is 0 Å². The van der Waals surface area contributed by atoms with E-state index in [9.17, 15) is 14.3 Å². The first kappa shape index (κ1) is 14.8. The number of hydrogen-bond donors (Lipinski definition) is 2. The fraction of sp³-hybridized carbons (Fsp3) is 0.533. The number of carbonyl (C=O) groups excluding carboxylic acids is 1. The molecule has 0 saturated heterocycles. The second kappa shape index (κ2) is 7.24. The maximum Gasteiger partial charge on any atom is 0.223 e. The number of hydrogen-bond acceptors (Lipinski definition) is 3. The van der Waals surface area contributed by atoms with Crippen molar-refractivity contribution in [3.8, 4) is 5.75 Å². The van der Waals surface area contributed by atoms with Crippen molar-refractivity contribution in [2.75, 3.05) is 6.61 Å². The molecule has 2 N–H and O–H groups in total. The molecule has 0 spiro atoms. The van der Waals surface area contributed by atoms with E-state index in [-0.39, 0.29) is 36.9 Å². The van der Waals surface area contributed by atoms with Gasteiger partial charge in [0.25, 0.3) is 0 Å². The Morgan fingerprint density at radius 1 is 1.35 bits per heavy atom. The van der Waals surface area contributed by atoms with Crippen LogP contribution in [0.25, 0.3) is 0 Å². The third-order valence-corrected chi connectivity index (χ3v) is 3.46. The standard InChI is InChI=1S/C15H20FNO3/c16-11-2-1-3-14(10-11)20-9-8-15(19)17-12-4-6-13(18)7-5-12/h1-3,10,12-13,18H,4-9H2,(H,17,19). The van der Waals surface area contributed by atoms with Gasteiger partial charge in [0, 0.05) is 12.1 Å². The number of benzene rings is 1. The van der Waals surface area contributed by atoms with Gasteiger partial charge in [-0.15, -0.1) is 0 Å². The smallest absolute Gasteiger partial charge is 0.223 e. The Kier molecular flexibility index (Phi) is 5.35. The summed E-state index contributed by atoms with van der Waals surface area (Å²) in [5.41, 5.74) is 0. The van der Waals surface area contributed by atoms with Gasteiger partial charge in [-0.3, -0.25) is 4.79 Å². The zero-order valence-corrected chi connectivity index (χ0v) is 11.3. The van der Waals surface area contributed by atoms with E-state index < -0.39 is 0 Å². The molecule has 1 saturated carbocycles. The molecule has 0 bridgehead atoms. The molecular weight excluding hydrogens is 261 g/mol. The fourth-order valence-electron chi connectivity index (χ4n) is 2.34. The molecule has 0 atom stereocenters. The molecule has 1 amide bonds. The minimum Gasteiger partial charge on any atom is -0.493 e. The third kappa shape index (κ3) is 4.81. The van der Waals surface area contributed by atoms with Crippen LogP contribution in [0.15, 0.2) is 24.3 Å². The van der Waals surface area contributed by atoms with Gasteiger partial charge in [0.15, 0.2) is 0 Å². The number of halogens is 1. The Hall–Kier alpha value is -1.62. The van der Waals surface area contributed by atoms with Crippen molar-refractivity contribution >= 4 is 5.91 Å². The minimum absolute atomic E-state index is 0.0669. The number of rotatable bonds is 5. The minimum atomic E-state index is -0.354. The van der Waals surface area contributed by atoms with E-state index in [2.05, 4.69) is 5.32 Å². The first-order chi connectivity index (χ1) is 9.63. The molecule has 1 aliphatic carbocycles. The van der Waals surface area contributed by atoms with Crippen LogP contribution in [0.4, 0.5) is 4.39 Å². The molecule has 0 aromatic heterocycles. The van der Waals surface area contributed by atoms with E-state index >= 15 is 0 Å². The zero-order valence-electron chi connectivity index (χ0n) is 11.3. The molecule has 1 fully saturated rings. The predicted molar refractivity (Wildman–Crippen MR) is 72.9 cm³/mol. The first-order valence-corrected chi connectivity index (χ1v) is 6.99. The van der Waals surface area contributed by atoms with E-state index in [1.807, 2.05) is 0 Å². The van der Waals surface area contributed by atoms with Crippen LogP contribution in [-0.4, -0.2) is 29.8 Å². The summed E-state index contributed by atoms with van der Waals surface area (Å²) in [6.45, 7) is 0.227. The Morgan fingerprint density at radius 3 is 2.80 bits per heavy atom. The molecular formula is C15H20FNO3. The lowest BCUT2D eigenvalue weighted by molar-refractivity contribution is -0.122. The summed E-state index contributed by atoms with van der Waals surface area (Å²) in [5.74, 6) is 0.00842. The van der Waals surface area contributed by atoms with Crippen LogP contribution in [0.3, 0.4) is 0 Å². The largest absolute Gasteiger partial charge is 0.493 e. The lowest BCUT2D eigenvalue weighted by Crippen LogP contribution is -2.39. The maximum absolute atomic E-state index is 12.9. The quantitative estimate of drug-likeness (QED) is 0.868. The Labute approximate surface area is 117 Å². The van der Waals surface area contributed by atoms with Crippen LogP contribution in [0, 0.1) is 5.82 Å². The number of amides is 1. The van der Waals surface area contributed by atoms with Crippen molar-refractivity contribution in [1.29, 1.82) is 0 Å². The van der Waals surface area contributed by atoms with Crippen LogP contribution in [0.5, 0.6) is 5.75 Å². The Balaban J connectivity index is 1.65. The molecule has 1 aromatic rings. The molecule has 0 unspecified atom stereocenters. The van der Waals surface area contributed by atoms with Crippen LogP contribution >= 0.6 is 0 Å². The van der Waals surface area contributed by atoms with Crippen LogP contribution in [-0.2, 0) is 4.79 Å². The normalized spacial score (nSPS) is 22.3. The number of nitrogens with one attached hydrogen (secondary N) is 1. The maximum atomic E-state index is 12.9. The van der Waals surface area contributed by atoms with Gasteiger partial charge in [-0.25, -0.2) is 4.39 Å². The average Bonchev–Trinajstić information content (AvgIpc) is 2.41. The van der Waals surface area contributed by atoms with E-state index in [1.165, 1.54) is 12.1 Å². The van der Waals surface area contributed by atoms with E-state index in [0.29, 0.717) is 5.75 Å². The Morgan fingerprint density at radius 2 is 2.10 bits per heavy atom. The highest BCUT2D eigenvalue weighted by molar-refractivity contribution is 5.76. The van der Waals surface area contributed by atoms with Gasteiger partial charge in [0.2, 0.25) is 5.91 Å². The molecule has 110 valence electrons. The van der Waals surface area contributed by atoms with Gasteiger partial charge in [0.05, 0.1) is 19.1 Å². The summed E-state index contributed by atoms with van der Waals surface area (Å²) >= 11 is 0. The fourth-order valence-corrected chi connectivity index (χ4v) is 2.34. The second-order valence-electron chi connectivity index (χ2n) is 5.13. The summed E-state index contributed by atoms with van der Waals surface area (Å²) in [5, 5.41) is 12.3. The number of aliphatic hydroxyl groups is 1. The highest BCUT2D eigenvalue weighted by Crippen LogP contribution is 2.18. The average molecular weight is 281 g/mol. The summed E-state index contributed by atoms with van der Waals surface area (Å²) in [6.07, 6.45) is 3.14. The van der Waals surface area contributed by atoms with E-state index in [0.717, 1.165) is 25.7 Å². The lowest BCUT2D eigenvalue weighted by Gasteiger charge is -2.26. The molecule has 20 heavy (non-hydrogen) atoms. The van der Waals surface area contributed by atoms with Crippen molar-refractivity contribution in [3.05, 3.63) is 30.1 Å². The van der Waals surface area contributed by atoms with Crippen LogP contribution < -0.4 is 10.1 Å². The third-order valence-electron chi connectivity index (χ3n) is 3.46. The zero-order chi connectivity index (χ0) is 14.4. The summed E-state index contributed by atoms with van der Waals surface area (Å²) < 4.78 is 18.2. The van der Waals surface area contributed by atoms with Crippen molar-refractivity contribution in [1.82, 2.24) is 5.32 Å². The molecule has 1 aromatic carbocycles. The SMILES string of the molecule is O=C(CCOc1cccc(F)c1)NC1CCC(O)CC1. The van der Waals surface area contributed by atoms with Gasteiger partial charge in [-0.2, -0.15) is 0 Å². The lowest BCUT2D eigenvalue weighted by atomic mass is 9.93. The molecule has 5 heteroatoms. The highest BCUT2D eigenvalue weighted by atomic mass is 19.1. The first-order valence-electron chi connectivity index (χ1n) is 6.99. The summed E-state index contributed by atoms with van der Waals surface area (Å²) in [6, 6.07) is 6.01. The van der Waals surface area contributed by atoms with Crippen molar-refractivity contribution in [2.45, 2.75) is 44.2 Å².